The van der Waals surface area contributed by atoms with E-state index < -0.39 is 0 Å². The molecule has 1 saturated heterocycles. The molecule has 2 aromatic rings. The predicted octanol–water partition coefficient (Wildman–Crippen LogP) is 2.08. The largest absolute Gasteiger partial charge is 0.481 e. The highest BCUT2D eigenvalue weighted by Crippen LogP contribution is 2.21. The zero-order valence-corrected chi connectivity index (χ0v) is 13.5. The van der Waals surface area contributed by atoms with Crippen molar-refractivity contribution in [1.29, 1.82) is 0 Å². The van der Waals surface area contributed by atoms with E-state index >= 15 is 0 Å². The van der Waals surface area contributed by atoms with Gasteiger partial charge in [-0.25, -0.2) is 4.98 Å². The van der Waals surface area contributed by atoms with Crippen molar-refractivity contribution in [1.82, 2.24) is 15.2 Å². The van der Waals surface area contributed by atoms with Crippen LogP contribution in [0.2, 0.25) is 0 Å². The molecule has 23 heavy (non-hydrogen) atoms. The number of ether oxygens (including phenoxy) is 1. The SMILES string of the molecule is COc1ccc(-c2ccc(CN3CCNC(C)C3=O)cc2)cn1. The zero-order valence-electron chi connectivity index (χ0n) is 13.5. The van der Waals surface area contributed by atoms with Crippen LogP contribution in [0.3, 0.4) is 0 Å². The van der Waals surface area contributed by atoms with Crippen LogP contribution in [0.5, 0.6) is 5.88 Å². The van der Waals surface area contributed by atoms with Crippen LogP contribution in [0.15, 0.2) is 42.6 Å². The van der Waals surface area contributed by atoms with E-state index in [-0.39, 0.29) is 11.9 Å². The summed E-state index contributed by atoms with van der Waals surface area (Å²) in [4.78, 5) is 18.3. The van der Waals surface area contributed by atoms with Gasteiger partial charge in [-0.15, -0.1) is 0 Å². The molecule has 1 fully saturated rings. The predicted molar refractivity (Wildman–Crippen MR) is 89.1 cm³/mol. The molecule has 120 valence electrons. The first kappa shape index (κ1) is 15.5. The Morgan fingerprint density at radius 2 is 1.96 bits per heavy atom. The fourth-order valence-electron chi connectivity index (χ4n) is 2.74. The standard InChI is InChI=1S/C18H21N3O2/c1-13-18(22)21(10-9-19-13)12-14-3-5-15(6-4-14)16-7-8-17(23-2)20-11-16/h3-8,11,13,19H,9-10,12H2,1-2H3. The topological polar surface area (TPSA) is 54.5 Å². The van der Waals surface area contributed by atoms with Crippen molar-refractivity contribution in [2.24, 2.45) is 0 Å². The van der Waals surface area contributed by atoms with E-state index in [4.69, 9.17) is 4.74 Å². The molecule has 5 heteroatoms. The van der Waals surface area contributed by atoms with E-state index in [0.29, 0.717) is 12.4 Å². The number of methoxy groups -OCH3 is 1. The summed E-state index contributed by atoms with van der Waals surface area (Å²) in [6.07, 6.45) is 1.80. The molecule has 1 aromatic carbocycles. The number of benzene rings is 1. The summed E-state index contributed by atoms with van der Waals surface area (Å²) in [5.41, 5.74) is 3.28. The highest BCUT2D eigenvalue weighted by molar-refractivity contribution is 5.82. The first-order chi connectivity index (χ1) is 11.2. The van der Waals surface area contributed by atoms with Crippen molar-refractivity contribution in [3.05, 3.63) is 48.2 Å². The molecular formula is C18H21N3O2. The zero-order chi connectivity index (χ0) is 16.2. The van der Waals surface area contributed by atoms with E-state index in [1.165, 1.54) is 0 Å². The molecular weight excluding hydrogens is 290 g/mol. The summed E-state index contributed by atoms with van der Waals surface area (Å²) >= 11 is 0. The Hall–Kier alpha value is -2.40. The highest BCUT2D eigenvalue weighted by atomic mass is 16.5. The number of aromatic nitrogens is 1. The van der Waals surface area contributed by atoms with Gasteiger partial charge in [-0.2, -0.15) is 0 Å². The van der Waals surface area contributed by atoms with Gasteiger partial charge in [0.05, 0.1) is 13.2 Å². The van der Waals surface area contributed by atoms with Crippen molar-refractivity contribution in [2.45, 2.75) is 19.5 Å². The Labute approximate surface area is 136 Å². The molecule has 0 spiro atoms. The molecule has 2 heterocycles. The number of nitrogens with zero attached hydrogens (tertiary/aromatic N) is 2. The van der Waals surface area contributed by atoms with E-state index in [9.17, 15) is 4.79 Å². The molecule has 0 aliphatic carbocycles. The van der Waals surface area contributed by atoms with Crippen molar-refractivity contribution < 1.29 is 9.53 Å². The fourth-order valence-corrected chi connectivity index (χ4v) is 2.74. The highest BCUT2D eigenvalue weighted by Gasteiger charge is 2.24. The monoisotopic (exact) mass is 311 g/mol. The van der Waals surface area contributed by atoms with Gasteiger partial charge >= 0.3 is 0 Å². The van der Waals surface area contributed by atoms with Gasteiger partial charge in [-0.1, -0.05) is 24.3 Å². The second-order valence-electron chi connectivity index (χ2n) is 5.72. The van der Waals surface area contributed by atoms with Crippen LogP contribution in [0.1, 0.15) is 12.5 Å². The minimum Gasteiger partial charge on any atom is -0.481 e. The van der Waals surface area contributed by atoms with Crippen molar-refractivity contribution in [2.75, 3.05) is 20.2 Å². The number of rotatable bonds is 4. The van der Waals surface area contributed by atoms with E-state index in [1.54, 1.807) is 13.3 Å². The second-order valence-corrected chi connectivity index (χ2v) is 5.72. The molecule has 1 aliphatic heterocycles. The Balaban J connectivity index is 1.70. The van der Waals surface area contributed by atoms with E-state index in [0.717, 1.165) is 29.8 Å². The normalized spacial score (nSPS) is 18.1. The number of hydrogen-bond acceptors (Lipinski definition) is 4. The molecule has 5 nitrogen and oxygen atoms in total. The first-order valence-electron chi connectivity index (χ1n) is 7.79. The van der Waals surface area contributed by atoms with Gasteiger partial charge in [0, 0.05) is 37.5 Å². The summed E-state index contributed by atoms with van der Waals surface area (Å²) in [5, 5.41) is 3.18. The van der Waals surface area contributed by atoms with Crippen molar-refractivity contribution >= 4 is 5.91 Å². The second kappa shape index (κ2) is 6.79. The van der Waals surface area contributed by atoms with E-state index in [2.05, 4.69) is 34.6 Å². The van der Waals surface area contributed by atoms with Crippen LogP contribution in [0, 0.1) is 0 Å². The number of amides is 1. The summed E-state index contributed by atoms with van der Waals surface area (Å²) < 4.78 is 5.07. The molecule has 1 atom stereocenters. The number of nitrogens with one attached hydrogen (secondary N) is 1. The minimum absolute atomic E-state index is 0.0894. The molecule has 1 amide bonds. The van der Waals surface area contributed by atoms with Crippen LogP contribution >= 0.6 is 0 Å². The fraction of sp³-hybridized carbons (Fsp3) is 0.333. The molecule has 0 saturated carbocycles. The Morgan fingerprint density at radius 1 is 1.22 bits per heavy atom. The lowest BCUT2D eigenvalue weighted by molar-refractivity contribution is -0.135. The Morgan fingerprint density at radius 3 is 2.61 bits per heavy atom. The van der Waals surface area contributed by atoms with Gasteiger partial charge < -0.3 is 15.0 Å². The van der Waals surface area contributed by atoms with Crippen molar-refractivity contribution in [3.8, 4) is 17.0 Å². The maximum Gasteiger partial charge on any atom is 0.239 e. The number of carbonyl (C=O) groups excluding carboxylic acids is 1. The molecule has 1 aliphatic rings. The van der Waals surface area contributed by atoms with E-state index in [1.807, 2.05) is 24.0 Å². The summed E-state index contributed by atoms with van der Waals surface area (Å²) in [6, 6.07) is 12.0. The first-order valence-corrected chi connectivity index (χ1v) is 7.79. The third-order valence-corrected chi connectivity index (χ3v) is 4.12. The average Bonchev–Trinajstić information content (AvgIpc) is 2.60. The van der Waals surface area contributed by atoms with Crippen LogP contribution in [-0.2, 0) is 11.3 Å². The van der Waals surface area contributed by atoms with Gasteiger partial charge in [0.25, 0.3) is 0 Å². The lowest BCUT2D eigenvalue weighted by Gasteiger charge is -2.31. The molecule has 1 N–H and O–H groups in total. The van der Waals surface area contributed by atoms with Crippen LogP contribution in [0.25, 0.3) is 11.1 Å². The number of carbonyl (C=O) groups is 1. The van der Waals surface area contributed by atoms with Crippen LogP contribution < -0.4 is 10.1 Å². The maximum absolute atomic E-state index is 12.1. The molecule has 1 aromatic heterocycles. The molecule has 1 unspecified atom stereocenters. The number of piperazine rings is 1. The lowest BCUT2D eigenvalue weighted by Crippen LogP contribution is -2.53. The summed E-state index contributed by atoms with van der Waals surface area (Å²) in [6.45, 7) is 4.18. The number of hydrogen-bond donors (Lipinski definition) is 1. The van der Waals surface area contributed by atoms with Crippen LogP contribution in [-0.4, -0.2) is 42.0 Å². The Kier molecular flexibility index (Phi) is 4.57. The third kappa shape index (κ3) is 3.51. The summed E-state index contributed by atoms with van der Waals surface area (Å²) in [5.74, 6) is 0.774. The van der Waals surface area contributed by atoms with Gasteiger partial charge in [-0.3, -0.25) is 4.79 Å². The Bertz CT molecular complexity index is 668. The lowest BCUT2D eigenvalue weighted by atomic mass is 10.1. The van der Waals surface area contributed by atoms with Gasteiger partial charge in [0.2, 0.25) is 11.8 Å². The van der Waals surface area contributed by atoms with Gasteiger partial charge in [0.1, 0.15) is 0 Å². The molecule has 0 bridgehead atoms. The molecule has 0 radical (unpaired) electrons. The number of pyridine rings is 1. The van der Waals surface area contributed by atoms with Gasteiger partial charge in [-0.05, 0) is 24.1 Å². The quantitative estimate of drug-likeness (QED) is 0.939. The minimum atomic E-state index is -0.0894. The van der Waals surface area contributed by atoms with Gasteiger partial charge in [0.15, 0.2) is 0 Å². The smallest absolute Gasteiger partial charge is 0.239 e. The summed E-state index contributed by atoms with van der Waals surface area (Å²) in [7, 11) is 1.61. The maximum atomic E-state index is 12.1. The van der Waals surface area contributed by atoms with Crippen LogP contribution in [0.4, 0.5) is 0 Å². The molecule has 3 rings (SSSR count). The third-order valence-electron chi connectivity index (χ3n) is 4.12. The average molecular weight is 311 g/mol. The van der Waals surface area contributed by atoms with Crippen molar-refractivity contribution in [3.63, 3.8) is 0 Å².